The molecule has 0 amide bonds. The second-order valence-electron chi connectivity index (χ2n) is 10.8. The number of ether oxygens (including phenoxy) is 2. The molecule has 2 N–H and O–H groups in total. The summed E-state index contributed by atoms with van der Waals surface area (Å²) in [5.74, 6) is -1.15. The molecular weight excluding hydrogens is 456 g/mol. The molecule has 7 nitrogen and oxygen atoms in total. The minimum atomic E-state index is -1.76. The average molecular weight is 507 g/mol. The molecule has 0 aromatic heterocycles. The summed E-state index contributed by atoms with van der Waals surface area (Å²) in [4.78, 5) is 23.8. The molecule has 0 fully saturated rings. The SMILES string of the molecule is CC[Si](CC)(CC)O[C@H](C)C[C@H](CCC[C@@](C)(O)[C@H](O)C(=O)OCC[Si](C)(C)C)OC(C)=O. The molecular formula is C24H50O7Si2. The molecule has 0 rings (SSSR count). The van der Waals surface area contributed by atoms with Gasteiger partial charge in [0.15, 0.2) is 14.4 Å². The summed E-state index contributed by atoms with van der Waals surface area (Å²) in [6.45, 7) is 18.2. The van der Waals surface area contributed by atoms with Crippen LogP contribution in [-0.2, 0) is 23.5 Å². The van der Waals surface area contributed by atoms with Crippen molar-refractivity contribution in [3.05, 3.63) is 0 Å². The van der Waals surface area contributed by atoms with Gasteiger partial charge in [-0.1, -0.05) is 40.4 Å². The summed E-state index contributed by atoms with van der Waals surface area (Å²) in [5.41, 5.74) is -1.62. The summed E-state index contributed by atoms with van der Waals surface area (Å²) in [5, 5.41) is 21.0. The van der Waals surface area contributed by atoms with E-state index in [0.717, 1.165) is 24.2 Å². The van der Waals surface area contributed by atoms with Crippen LogP contribution in [0.4, 0.5) is 0 Å². The van der Waals surface area contributed by atoms with Crippen molar-refractivity contribution >= 4 is 28.3 Å². The molecule has 0 aliphatic carbocycles. The lowest BCUT2D eigenvalue weighted by Gasteiger charge is -2.33. The number of aliphatic hydroxyl groups excluding tert-OH is 1. The lowest BCUT2D eigenvalue weighted by molar-refractivity contribution is -0.168. The minimum absolute atomic E-state index is 0.0340. The van der Waals surface area contributed by atoms with Crippen molar-refractivity contribution < 1.29 is 33.7 Å². The second kappa shape index (κ2) is 14.6. The van der Waals surface area contributed by atoms with E-state index in [-0.39, 0.29) is 31.2 Å². The smallest absolute Gasteiger partial charge is 0.337 e. The van der Waals surface area contributed by atoms with Gasteiger partial charge >= 0.3 is 11.9 Å². The Hall–Kier alpha value is -0.746. The summed E-state index contributed by atoms with van der Waals surface area (Å²) in [6.07, 6.45) is -0.229. The number of carbonyl (C=O) groups excluding carboxylic acids is 2. The van der Waals surface area contributed by atoms with Crippen molar-refractivity contribution in [1.82, 2.24) is 0 Å². The predicted octanol–water partition coefficient (Wildman–Crippen LogP) is 4.88. The molecule has 0 unspecified atom stereocenters. The van der Waals surface area contributed by atoms with Gasteiger partial charge in [0.1, 0.15) is 6.10 Å². The van der Waals surface area contributed by atoms with Gasteiger partial charge in [-0.3, -0.25) is 4.79 Å². The molecule has 0 aliphatic rings. The Bertz CT molecular complexity index is 578. The fraction of sp³-hybridized carbons (Fsp3) is 0.917. The molecule has 0 radical (unpaired) electrons. The van der Waals surface area contributed by atoms with Crippen LogP contribution in [0, 0.1) is 0 Å². The predicted molar refractivity (Wildman–Crippen MR) is 138 cm³/mol. The topological polar surface area (TPSA) is 102 Å². The molecule has 33 heavy (non-hydrogen) atoms. The number of aliphatic hydroxyl groups is 2. The highest BCUT2D eigenvalue weighted by molar-refractivity contribution is 6.76. The zero-order valence-corrected chi connectivity index (χ0v) is 24.5. The quantitative estimate of drug-likeness (QED) is 0.214. The van der Waals surface area contributed by atoms with Crippen molar-refractivity contribution in [3.8, 4) is 0 Å². The van der Waals surface area contributed by atoms with Crippen molar-refractivity contribution in [1.29, 1.82) is 0 Å². The molecule has 0 saturated heterocycles. The highest BCUT2D eigenvalue weighted by Gasteiger charge is 2.37. The average Bonchev–Trinajstić information content (AvgIpc) is 2.69. The standard InChI is InChI=1S/C24H50O7Si2/c1-10-33(11-2,12-3)31-19(4)18-21(30-20(5)25)14-13-15-24(6,28)22(26)23(27)29-16-17-32(7,8)9/h19,21-22,26,28H,10-18H2,1-9H3/t19-,21+,22-,24-/m1/s1. The first kappa shape index (κ1) is 32.3. The Labute approximate surface area is 203 Å². The van der Waals surface area contributed by atoms with Crippen LogP contribution in [0.3, 0.4) is 0 Å². The number of hydrogen-bond donors (Lipinski definition) is 2. The van der Waals surface area contributed by atoms with E-state index in [2.05, 4.69) is 40.4 Å². The van der Waals surface area contributed by atoms with Gasteiger partial charge in [-0.05, 0) is 57.3 Å². The maximum absolute atomic E-state index is 12.2. The van der Waals surface area contributed by atoms with Crippen LogP contribution in [0.25, 0.3) is 0 Å². The van der Waals surface area contributed by atoms with Gasteiger partial charge in [0.05, 0.1) is 12.2 Å². The van der Waals surface area contributed by atoms with Gasteiger partial charge in [0.2, 0.25) is 0 Å². The van der Waals surface area contributed by atoms with E-state index in [1.807, 2.05) is 6.92 Å². The summed E-state index contributed by atoms with van der Waals surface area (Å²) in [7, 11) is -3.12. The molecule has 9 heteroatoms. The molecule has 0 aromatic rings. The Morgan fingerprint density at radius 1 is 1.06 bits per heavy atom. The number of hydrogen-bond acceptors (Lipinski definition) is 7. The van der Waals surface area contributed by atoms with Gasteiger partial charge in [-0.25, -0.2) is 4.79 Å². The maximum Gasteiger partial charge on any atom is 0.337 e. The highest BCUT2D eigenvalue weighted by Crippen LogP contribution is 2.27. The Morgan fingerprint density at radius 2 is 1.61 bits per heavy atom. The Morgan fingerprint density at radius 3 is 2.06 bits per heavy atom. The molecule has 196 valence electrons. The van der Waals surface area contributed by atoms with Gasteiger partial charge in [0, 0.05) is 27.5 Å². The van der Waals surface area contributed by atoms with Crippen LogP contribution in [0.2, 0.25) is 43.8 Å². The third kappa shape index (κ3) is 13.1. The third-order valence-corrected chi connectivity index (χ3v) is 12.9. The fourth-order valence-electron chi connectivity index (χ4n) is 3.92. The number of rotatable bonds is 17. The molecule has 0 bridgehead atoms. The van der Waals surface area contributed by atoms with Gasteiger partial charge < -0.3 is 24.1 Å². The molecule has 4 atom stereocenters. The van der Waals surface area contributed by atoms with Crippen LogP contribution < -0.4 is 0 Å². The zero-order valence-electron chi connectivity index (χ0n) is 22.5. The van der Waals surface area contributed by atoms with E-state index in [0.29, 0.717) is 19.3 Å². The zero-order chi connectivity index (χ0) is 25.9. The van der Waals surface area contributed by atoms with Gasteiger partial charge in [-0.15, -0.1) is 0 Å². The van der Waals surface area contributed by atoms with Crippen LogP contribution in [0.1, 0.15) is 67.2 Å². The van der Waals surface area contributed by atoms with E-state index in [9.17, 15) is 19.8 Å². The third-order valence-electron chi connectivity index (χ3n) is 6.43. The summed E-state index contributed by atoms with van der Waals surface area (Å²) < 4.78 is 17.2. The first-order valence-electron chi connectivity index (χ1n) is 12.5. The van der Waals surface area contributed by atoms with Crippen LogP contribution >= 0.6 is 0 Å². The molecule has 0 heterocycles. The normalized spacial score (nSPS) is 17.1. The molecule has 0 spiro atoms. The lowest BCUT2D eigenvalue weighted by atomic mass is 9.91. The summed E-state index contributed by atoms with van der Waals surface area (Å²) in [6, 6.07) is 3.96. The van der Waals surface area contributed by atoms with E-state index >= 15 is 0 Å². The molecule has 0 saturated carbocycles. The van der Waals surface area contributed by atoms with Crippen molar-refractivity contribution in [2.45, 2.75) is 135 Å². The first-order valence-corrected chi connectivity index (χ1v) is 18.8. The Kier molecular flexibility index (Phi) is 14.3. The van der Waals surface area contributed by atoms with Crippen LogP contribution in [0.15, 0.2) is 0 Å². The maximum atomic E-state index is 12.2. The van der Waals surface area contributed by atoms with E-state index in [1.54, 1.807) is 0 Å². The minimum Gasteiger partial charge on any atom is -0.464 e. The number of carbonyl (C=O) groups is 2. The van der Waals surface area contributed by atoms with E-state index < -0.39 is 34.1 Å². The highest BCUT2D eigenvalue weighted by atomic mass is 28.4. The van der Waals surface area contributed by atoms with Gasteiger partial charge in [-0.2, -0.15) is 0 Å². The first-order chi connectivity index (χ1) is 15.1. The Balaban J connectivity index is 4.84. The van der Waals surface area contributed by atoms with E-state index in [1.165, 1.54) is 13.8 Å². The molecule has 0 aromatic carbocycles. The van der Waals surface area contributed by atoms with Crippen molar-refractivity contribution in [2.24, 2.45) is 0 Å². The van der Waals surface area contributed by atoms with E-state index in [4.69, 9.17) is 13.9 Å². The molecule has 0 aliphatic heterocycles. The largest absolute Gasteiger partial charge is 0.464 e. The van der Waals surface area contributed by atoms with Crippen LogP contribution in [-0.4, -0.2) is 69.1 Å². The van der Waals surface area contributed by atoms with Gasteiger partial charge in [0.25, 0.3) is 0 Å². The van der Waals surface area contributed by atoms with Crippen molar-refractivity contribution in [3.63, 3.8) is 0 Å². The fourth-order valence-corrected chi connectivity index (χ4v) is 7.58. The van der Waals surface area contributed by atoms with Crippen molar-refractivity contribution in [2.75, 3.05) is 6.61 Å². The monoisotopic (exact) mass is 506 g/mol. The number of esters is 2. The van der Waals surface area contributed by atoms with Crippen LogP contribution in [0.5, 0.6) is 0 Å². The lowest BCUT2D eigenvalue weighted by Crippen LogP contribution is -2.46. The summed E-state index contributed by atoms with van der Waals surface area (Å²) >= 11 is 0. The second-order valence-corrected chi connectivity index (χ2v) is 21.1.